The maximum absolute atomic E-state index is 8.75. The molecular weight excluding hydrogens is 172 g/mol. The topological polar surface area (TPSA) is 27.0 Å². The van der Waals surface area contributed by atoms with Gasteiger partial charge in [-0.1, -0.05) is 18.4 Å². The third kappa shape index (κ3) is 3.51. The molecule has 0 spiro atoms. The Hall–Kier alpha value is -0.810. The van der Waals surface area contributed by atoms with Crippen molar-refractivity contribution in [2.75, 3.05) is 13.1 Å². The van der Waals surface area contributed by atoms with Crippen LogP contribution >= 0.6 is 0 Å². The molecule has 0 heterocycles. The van der Waals surface area contributed by atoms with Crippen molar-refractivity contribution in [2.45, 2.75) is 45.1 Å². The smallest absolute Gasteiger partial charge is 0.0868 e. The Balaban J connectivity index is 2.37. The maximum Gasteiger partial charge on any atom is 0.0868 e. The molecule has 2 nitrogen and oxygen atoms in total. The van der Waals surface area contributed by atoms with Crippen molar-refractivity contribution in [1.82, 2.24) is 4.90 Å². The largest absolute Gasteiger partial charge is 0.287 e. The van der Waals surface area contributed by atoms with Gasteiger partial charge >= 0.3 is 0 Å². The predicted molar refractivity (Wildman–Crippen MR) is 58.9 cm³/mol. The molecule has 14 heavy (non-hydrogen) atoms. The molecule has 1 rings (SSSR count). The summed E-state index contributed by atoms with van der Waals surface area (Å²) in [5.41, 5.74) is 1.21. The van der Waals surface area contributed by atoms with E-state index in [0.29, 0.717) is 12.6 Å². The molecule has 0 N–H and O–H groups in total. The lowest BCUT2D eigenvalue weighted by atomic mass is 10.1. The molecule has 1 fully saturated rings. The van der Waals surface area contributed by atoms with Crippen LogP contribution in [0, 0.1) is 11.3 Å². The molecule has 0 radical (unpaired) electrons. The quantitative estimate of drug-likeness (QED) is 0.494. The van der Waals surface area contributed by atoms with Crippen LogP contribution in [0.25, 0.3) is 0 Å². The molecular formula is C12H20N2. The fourth-order valence-electron chi connectivity index (χ4n) is 2.09. The zero-order valence-electron chi connectivity index (χ0n) is 9.13. The minimum atomic E-state index is 0.581. The van der Waals surface area contributed by atoms with Crippen LogP contribution in [0.15, 0.2) is 12.2 Å². The third-order valence-electron chi connectivity index (χ3n) is 2.94. The molecule has 2 heteroatoms. The van der Waals surface area contributed by atoms with E-state index in [9.17, 15) is 0 Å². The second-order valence-corrected chi connectivity index (χ2v) is 4.27. The third-order valence-corrected chi connectivity index (χ3v) is 2.94. The summed E-state index contributed by atoms with van der Waals surface area (Å²) in [6.45, 7) is 7.55. The summed E-state index contributed by atoms with van der Waals surface area (Å²) in [5.74, 6) is 0. The molecule has 0 aliphatic heterocycles. The average Bonchev–Trinajstić information content (AvgIpc) is 2.64. The molecule has 1 aliphatic carbocycles. The molecule has 1 aliphatic rings. The van der Waals surface area contributed by atoms with E-state index in [1.54, 1.807) is 0 Å². The first-order valence-electron chi connectivity index (χ1n) is 5.49. The van der Waals surface area contributed by atoms with Gasteiger partial charge in [0, 0.05) is 12.6 Å². The molecule has 0 aromatic heterocycles. The Morgan fingerprint density at radius 3 is 2.64 bits per heavy atom. The van der Waals surface area contributed by atoms with E-state index in [2.05, 4.69) is 24.5 Å². The summed E-state index contributed by atoms with van der Waals surface area (Å²) in [4.78, 5) is 2.32. The molecule has 0 atom stereocenters. The molecule has 1 saturated carbocycles. The van der Waals surface area contributed by atoms with Crippen molar-refractivity contribution in [3.63, 3.8) is 0 Å². The molecule has 0 bridgehead atoms. The molecule has 78 valence electrons. The first-order chi connectivity index (χ1) is 6.74. The first-order valence-corrected chi connectivity index (χ1v) is 5.49. The summed E-state index contributed by atoms with van der Waals surface area (Å²) in [7, 11) is 0. The Bertz CT molecular complexity index is 221. The lowest BCUT2D eigenvalue weighted by molar-refractivity contribution is 0.225. The van der Waals surface area contributed by atoms with E-state index >= 15 is 0 Å². The van der Waals surface area contributed by atoms with E-state index in [4.69, 9.17) is 5.26 Å². The van der Waals surface area contributed by atoms with Crippen LogP contribution in [0.5, 0.6) is 0 Å². The van der Waals surface area contributed by atoms with E-state index in [1.165, 1.54) is 31.3 Å². The van der Waals surface area contributed by atoms with Crippen LogP contribution in [0.4, 0.5) is 0 Å². The van der Waals surface area contributed by atoms with Gasteiger partial charge in [-0.25, -0.2) is 0 Å². The number of nitrogens with zero attached hydrogens (tertiary/aromatic N) is 2. The second-order valence-electron chi connectivity index (χ2n) is 4.27. The lowest BCUT2D eigenvalue weighted by Gasteiger charge is -2.26. The zero-order chi connectivity index (χ0) is 10.4. The van der Waals surface area contributed by atoms with E-state index < -0.39 is 0 Å². The van der Waals surface area contributed by atoms with Crippen LogP contribution in [-0.2, 0) is 0 Å². The van der Waals surface area contributed by atoms with Gasteiger partial charge < -0.3 is 0 Å². The van der Waals surface area contributed by atoms with Gasteiger partial charge in [0.15, 0.2) is 0 Å². The van der Waals surface area contributed by atoms with Crippen LogP contribution in [-0.4, -0.2) is 24.0 Å². The molecule has 0 amide bonds. The highest BCUT2D eigenvalue weighted by atomic mass is 15.1. The Labute approximate surface area is 87.2 Å². The van der Waals surface area contributed by atoms with Gasteiger partial charge in [-0.05, 0) is 26.2 Å². The summed E-state index contributed by atoms with van der Waals surface area (Å²) >= 11 is 0. The van der Waals surface area contributed by atoms with Gasteiger partial charge in [-0.2, -0.15) is 5.26 Å². The predicted octanol–water partition coefficient (Wildman–Crippen LogP) is 2.72. The summed E-state index contributed by atoms with van der Waals surface area (Å²) in [6, 6.07) is 2.93. The highest BCUT2D eigenvalue weighted by Gasteiger charge is 2.21. The molecule has 0 saturated heterocycles. The first kappa shape index (κ1) is 11.3. The Kier molecular flexibility index (Phi) is 4.69. The van der Waals surface area contributed by atoms with Crippen molar-refractivity contribution in [3.05, 3.63) is 12.2 Å². The Morgan fingerprint density at radius 2 is 2.14 bits per heavy atom. The normalized spacial score (nSPS) is 17.2. The van der Waals surface area contributed by atoms with Crippen molar-refractivity contribution >= 4 is 0 Å². The minimum absolute atomic E-state index is 0.581. The van der Waals surface area contributed by atoms with Crippen LogP contribution in [0.3, 0.4) is 0 Å². The molecule has 0 aromatic carbocycles. The SMILES string of the molecule is C=C(C)CCN(CC#N)C1CCCC1. The van der Waals surface area contributed by atoms with Gasteiger partial charge in [0.1, 0.15) is 0 Å². The summed E-state index contributed by atoms with van der Waals surface area (Å²) in [6.07, 6.45) is 6.24. The average molecular weight is 192 g/mol. The van der Waals surface area contributed by atoms with Crippen molar-refractivity contribution in [1.29, 1.82) is 5.26 Å². The van der Waals surface area contributed by atoms with E-state index in [0.717, 1.165) is 13.0 Å². The monoisotopic (exact) mass is 192 g/mol. The molecule has 0 aromatic rings. The van der Waals surface area contributed by atoms with Crippen LogP contribution in [0.2, 0.25) is 0 Å². The summed E-state index contributed by atoms with van der Waals surface area (Å²) in [5, 5.41) is 8.75. The minimum Gasteiger partial charge on any atom is -0.287 e. The highest BCUT2D eigenvalue weighted by Crippen LogP contribution is 2.23. The zero-order valence-corrected chi connectivity index (χ0v) is 9.13. The fourth-order valence-corrected chi connectivity index (χ4v) is 2.09. The van der Waals surface area contributed by atoms with Crippen molar-refractivity contribution < 1.29 is 0 Å². The van der Waals surface area contributed by atoms with Crippen molar-refractivity contribution in [2.24, 2.45) is 0 Å². The summed E-state index contributed by atoms with van der Waals surface area (Å²) < 4.78 is 0. The van der Waals surface area contributed by atoms with E-state index in [1.807, 2.05) is 0 Å². The lowest BCUT2D eigenvalue weighted by Crippen LogP contribution is -2.34. The fraction of sp³-hybridized carbons (Fsp3) is 0.750. The van der Waals surface area contributed by atoms with Crippen molar-refractivity contribution in [3.8, 4) is 6.07 Å². The number of nitriles is 1. The van der Waals surface area contributed by atoms with Gasteiger partial charge in [-0.3, -0.25) is 4.90 Å². The maximum atomic E-state index is 8.75. The number of hydrogen-bond acceptors (Lipinski definition) is 2. The standard InChI is InChI=1S/C12H20N2/c1-11(2)7-9-14(10-8-13)12-5-3-4-6-12/h12H,1,3-7,9-10H2,2H3. The van der Waals surface area contributed by atoms with Gasteiger partial charge in [0.25, 0.3) is 0 Å². The van der Waals surface area contributed by atoms with Gasteiger partial charge in [0.2, 0.25) is 0 Å². The van der Waals surface area contributed by atoms with Crippen LogP contribution < -0.4 is 0 Å². The van der Waals surface area contributed by atoms with E-state index in [-0.39, 0.29) is 0 Å². The van der Waals surface area contributed by atoms with Gasteiger partial charge in [-0.15, -0.1) is 6.58 Å². The van der Waals surface area contributed by atoms with Gasteiger partial charge in [0.05, 0.1) is 12.6 Å². The number of hydrogen-bond donors (Lipinski definition) is 0. The molecule has 0 unspecified atom stereocenters. The Morgan fingerprint density at radius 1 is 1.50 bits per heavy atom. The van der Waals surface area contributed by atoms with Crippen LogP contribution in [0.1, 0.15) is 39.0 Å². The number of rotatable bonds is 5. The second kappa shape index (κ2) is 5.82. The highest BCUT2D eigenvalue weighted by molar-refractivity contribution is 4.92.